The molecule has 2 aromatic rings. The molecule has 0 aliphatic rings. The molecule has 0 atom stereocenters. The Hall–Kier alpha value is -2.70. The van der Waals surface area contributed by atoms with Crippen molar-refractivity contribution in [3.63, 3.8) is 0 Å². The maximum absolute atomic E-state index is 11.9. The van der Waals surface area contributed by atoms with E-state index >= 15 is 0 Å². The van der Waals surface area contributed by atoms with Crippen LogP contribution in [0.1, 0.15) is 25.6 Å². The van der Waals surface area contributed by atoms with Crippen molar-refractivity contribution < 1.29 is 9.59 Å². The first-order chi connectivity index (χ1) is 11.1. The topological polar surface area (TPSA) is 104 Å². The molecule has 7 heteroatoms. The van der Waals surface area contributed by atoms with Gasteiger partial charge in [-0.15, -0.1) is 0 Å². The number of fused-ring (bicyclic) bond motifs is 1. The molecule has 122 valence electrons. The van der Waals surface area contributed by atoms with Crippen LogP contribution in [0.5, 0.6) is 0 Å². The van der Waals surface area contributed by atoms with Gasteiger partial charge in [-0.2, -0.15) is 0 Å². The Kier molecular flexibility index (Phi) is 5.85. The van der Waals surface area contributed by atoms with Crippen molar-refractivity contribution in [3.05, 3.63) is 40.4 Å². The first-order valence-corrected chi connectivity index (χ1v) is 7.61. The summed E-state index contributed by atoms with van der Waals surface area (Å²) in [4.78, 5) is 42.0. The van der Waals surface area contributed by atoms with Gasteiger partial charge in [-0.05, 0) is 18.6 Å². The molecule has 0 aliphatic carbocycles. The van der Waals surface area contributed by atoms with Crippen LogP contribution in [0, 0.1) is 0 Å². The second-order valence-electron chi connectivity index (χ2n) is 5.16. The normalized spacial score (nSPS) is 10.5. The molecule has 0 radical (unpaired) electrons. The van der Waals surface area contributed by atoms with E-state index in [9.17, 15) is 14.4 Å². The number of nitrogens with one attached hydrogen (secondary N) is 3. The number of carbonyl (C=O) groups is 2. The van der Waals surface area contributed by atoms with Gasteiger partial charge in [-0.25, -0.2) is 4.98 Å². The van der Waals surface area contributed by atoms with Gasteiger partial charge in [-0.1, -0.05) is 19.1 Å². The molecule has 7 nitrogen and oxygen atoms in total. The van der Waals surface area contributed by atoms with E-state index < -0.39 is 0 Å². The molecule has 3 N–H and O–H groups in total. The van der Waals surface area contributed by atoms with Crippen molar-refractivity contribution in [2.75, 3.05) is 13.1 Å². The molecule has 0 spiro atoms. The second-order valence-corrected chi connectivity index (χ2v) is 5.16. The SMILES string of the molecule is CCCNC(=O)CNC(=O)CCc1nc2ccccc2c(=O)[nH]1. The van der Waals surface area contributed by atoms with Crippen molar-refractivity contribution in [2.45, 2.75) is 26.2 Å². The van der Waals surface area contributed by atoms with E-state index in [1.54, 1.807) is 24.3 Å². The van der Waals surface area contributed by atoms with E-state index in [-0.39, 0.29) is 30.3 Å². The Bertz CT molecular complexity index is 754. The standard InChI is InChI=1S/C16H20N4O3/c1-2-9-17-15(22)10-18-14(21)8-7-13-19-12-6-4-3-5-11(12)16(23)20-13/h3-6H,2,7-10H2,1H3,(H,17,22)(H,18,21)(H,19,20,23). The van der Waals surface area contributed by atoms with Crippen LogP contribution >= 0.6 is 0 Å². The van der Waals surface area contributed by atoms with Crippen LogP contribution < -0.4 is 16.2 Å². The number of benzene rings is 1. The van der Waals surface area contributed by atoms with Crippen molar-refractivity contribution in [2.24, 2.45) is 0 Å². The fourth-order valence-electron chi connectivity index (χ4n) is 2.08. The summed E-state index contributed by atoms with van der Waals surface area (Å²) in [6, 6.07) is 7.04. The number of H-pyrrole nitrogens is 1. The quantitative estimate of drug-likeness (QED) is 0.692. The van der Waals surface area contributed by atoms with Crippen LogP contribution in [0.15, 0.2) is 29.1 Å². The lowest BCUT2D eigenvalue weighted by Crippen LogP contribution is -2.37. The third-order valence-electron chi connectivity index (χ3n) is 3.27. The first kappa shape index (κ1) is 16.7. The fraction of sp³-hybridized carbons (Fsp3) is 0.375. The average molecular weight is 316 g/mol. The van der Waals surface area contributed by atoms with E-state index in [0.29, 0.717) is 29.7 Å². The monoisotopic (exact) mass is 316 g/mol. The molecule has 0 fully saturated rings. The molecule has 0 bridgehead atoms. The number of carbonyl (C=O) groups excluding carboxylic acids is 2. The highest BCUT2D eigenvalue weighted by Gasteiger charge is 2.08. The molecular weight excluding hydrogens is 296 g/mol. The van der Waals surface area contributed by atoms with Crippen LogP contribution in [0.3, 0.4) is 0 Å². The third-order valence-corrected chi connectivity index (χ3v) is 3.27. The maximum atomic E-state index is 11.9. The van der Waals surface area contributed by atoms with E-state index in [1.165, 1.54) is 0 Å². The highest BCUT2D eigenvalue weighted by molar-refractivity contribution is 5.84. The largest absolute Gasteiger partial charge is 0.355 e. The summed E-state index contributed by atoms with van der Waals surface area (Å²) in [7, 11) is 0. The summed E-state index contributed by atoms with van der Waals surface area (Å²) in [5, 5.41) is 5.74. The number of aryl methyl sites for hydroxylation is 1. The number of rotatable bonds is 7. The smallest absolute Gasteiger partial charge is 0.258 e. The van der Waals surface area contributed by atoms with E-state index in [4.69, 9.17) is 0 Å². The van der Waals surface area contributed by atoms with E-state index in [1.807, 2.05) is 6.92 Å². The van der Waals surface area contributed by atoms with E-state index in [2.05, 4.69) is 20.6 Å². The second kappa shape index (κ2) is 8.07. The lowest BCUT2D eigenvalue weighted by Gasteiger charge is -2.06. The van der Waals surface area contributed by atoms with Gasteiger partial charge in [0.25, 0.3) is 5.56 Å². The average Bonchev–Trinajstić information content (AvgIpc) is 2.56. The molecular formula is C16H20N4O3. The molecule has 0 unspecified atom stereocenters. The van der Waals surface area contributed by atoms with Gasteiger partial charge in [0.1, 0.15) is 5.82 Å². The van der Waals surface area contributed by atoms with Gasteiger partial charge < -0.3 is 15.6 Å². The zero-order valence-electron chi connectivity index (χ0n) is 13.0. The minimum absolute atomic E-state index is 0.0412. The number of aromatic amines is 1. The van der Waals surface area contributed by atoms with Crippen molar-refractivity contribution in [1.29, 1.82) is 0 Å². The van der Waals surface area contributed by atoms with Gasteiger partial charge in [0.2, 0.25) is 11.8 Å². The predicted molar refractivity (Wildman–Crippen MR) is 87.0 cm³/mol. The lowest BCUT2D eigenvalue weighted by atomic mass is 10.2. The highest BCUT2D eigenvalue weighted by atomic mass is 16.2. The Morgan fingerprint density at radius 3 is 2.74 bits per heavy atom. The summed E-state index contributed by atoms with van der Waals surface area (Å²) in [5.41, 5.74) is 0.385. The minimum atomic E-state index is -0.257. The summed E-state index contributed by atoms with van der Waals surface area (Å²) in [6.07, 6.45) is 1.31. The summed E-state index contributed by atoms with van der Waals surface area (Å²) < 4.78 is 0. The lowest BCUT2D eigenvalue weighted by molar-refractivity contribution is -0.126. The number of hydrogen-bond donors (Lipinski definition) is 3. The maximum Gasteiger partial charge on any atom is 0.258 e. The zero-order chi connectivity index (χ0) is 16.7. The minimum Gasteiger partial charge on any atom is -0.355 e. The van der Waals surface area contributed by atoms with Gasteiger partial charge >= 0.3 is 0 Å². The van der Waals surface area contributed by atoms with Crippen LogP contribution in [-0.4, -0.2) is 34.9 Å². The van der Waals surface area contributed by atoms with Crippen LogP contribution in [0.25, 0.3) is 10.9 Å². The first-order valence-electron chi connectivity index (χ1n) is 7.61. The number of aromatic nitrogens is 2. The fourth-order valence-corrected chi connectivity index (χ4v) is 2.08. The van der Waals surface area contributed by atoms with Gasteiger partial charge in [0.05, 0.1) is 17.4 Å². The molecule has 1 heterocycles. The molecule has 2 amide bonds. The number of hydrogen-bond acceptors (Lipinski definition) is 4. The summed E-state index contributed by atoms with van der Waals surface area (Å²) in [5.74, 6) is -0.0100. The third kappa shape index (κ3) is 4.91. The summed E-state index contributed by atoms with van der Waals surface area (Å²) in [6.45, 7) is 2.51. The van der Waals surface area contributed by atoms with Gasteiger partial charge in [0, 0.05) is 19.4 Å². The summed E-state index contributed by atoms with van der Waals surface area (Å²) >= 11 is 0. The van der Waals surface area contributed by atoms with Crippen molar-refractivity contribution in [1.82, 2.24) is 20.6 Å². The highest BCUT2D eigenvalue weighted by Crippen LogP contribution is 2.06. The Labute approximate surface area is 133 Å². The Morgan fingerprint density at radius 2 is 1.96 bits per heavy atom. The molecule has 0 aliphatic heterocycles. The van der Waals surface area contributed by atoms with Gasteiger partial charge in [0.15, 0.2) is 0 Å². The molecule has 0 saturated heterocycles. The predicted octanol–water partition coefficient (Wildman–Crippen LogP) is 0.498. The Balaban J connectivity index is 1.87. The number of para-hydroxylation sites is 1. The van der Waals surface area contributed by atoms with Crippen LogP contribution in [0.4, 0.5) is 0 Å². The number of amides is 2. The molecule has 1 aromatic carbocycles. The Morgan fingerprint density at radius 1 is 1.17 bits per heavy atom. The van der Waals surface area contributed by atoms with E-state index in [0.717, 1.165) is 6.42 Å². The van der Waals surface area contributed by atoms with Crippen molar-refractivity contribution in [3.8, 4) is 0 Å². The molecule has 23 heavy (non-hydrogen) atoms. The van der Waals surface area contributed by atoms with Crippen LogP contribution in [-0.2, 0) is 16.0 Å². The van der Waals surface area contributed by atoms with Crippen molar-refractivity contribution >= 4 is 22.7 Å². The molecule has 1 aromatic heterocycles. The molecule has 2 rings (SSSR count). The van der Waals surface area contributed by atoms with Gasteiger partial charge in [-0.3, -0.25) is 14.4 Å². The number of nitrogens with zero attached hydrogens (tertiary/aromatic N) is 1. The van der Waals surface area contributed by atoms with Crippen LogP contribution in [0.2, 0.25) is 0 Å². The molecule has 0 saturated carbocycles. The zero-order valence-corrected chi connectivity index (χ0v) is 13.0.